The molecule has 1 rings (SSSR count). The normalized spacial score (nSPS) is 24.1. The molecule has 1 aliphatic rings. The second kappa shape index (κ2) is 6.74. The van der Waals surface area contributed by atoms with Crippen LogP contribution >= 0.6 is 0 Å². The molecular formula is C13H22O4. The first kappa shape index (κ1) is 14.2. The predicted octanol–water partition coefficient (Wildman–Crippen LogP) is 1.55. The molecule has 1 heterocycles. The Morgan fingerprint density at radius 1 is 1.47 bits per heavy atom. The number of unbranched alkanes of at least 4 members (excludes halogenated alkanes) is 1. The van der Waals surface area contributed by atoms with Gasteiger partial charge in [-0.2, -0.15) is 0 Å². The summed E-state index contributed by atoms with van der Waals surface area (Å²) in [4.78, 5) is 23.2. The lowest BCUT2D eigenvalue weighted by atomic mass is 9.89. The van der Waals surface area contributed by atoms with Gasteiger partial charge in [0.25, 0.3) is 0 Å². The molecule has 1 N–H and O–H groups in total. The van der Waals surface area contributed by atoms with Crippen molar-refractivity contribution >= 4 is 11.8 Å². The number of aliphatic hydroxyl groups is 1. The minimum absolute atomic E-state index is 0.0738. The molecule has 0 spiro atoms. The third kappa shape index (κ3) is 4.11. The summed E-state index contributed by atoms with van der Waals surface area (Å²) in [5.74, 6) is -0.945. The minimum Gasteiger partial charge on any atom is -0.465 e. The SMILES string of the molecule is CC(C)CCCCC(=O)[C@@H]1C(=O)OC[C@H]1CO. The molecule has 0 unspecified atom stereocenters. The summed E-state index contributed by atoms with van der Waals surface area (Å²) in [7, 11) is 0. The largest absolute Gasteiger partial charge is 0.465 e. The van der Waals surface area contributed by atoms with Crippen molar-refractivity contribution in [1.29, 1.82) is 0 Å². The summed E-state index contributed by atoms with van der Waals surface area (Å²) in [6.45, 7) is 4.32. The molecule has 0 bridgehead atoms. The highest BCUT2D eigenvalue weighted by molar-refractivity contribution is 6.00. The number of Topliss-reactive ketones (excluding diaryl/α,β-unsaturated/α-hetero) is 1. The van der Waals surface area contributed by atoms with Gasteiger partial charge in [0.2, 0.25) is 0 Å². The monoisotopic (exact) mass is 242 g/mol. The number of carbonyl (C=O) groups excluding carboxylic acids is 2. The van der Waals surface area contributed by atoms with E-state index in [2.05, 4.69) is 13.8 Å². The van der Waals surface area contributed by atoms with Crippen LogP contribution in [0.1, 0.15) is 39.5 Å². The van der Waals surface area contributed by atoms with Gasteiger partial charge in [-0.05, 0) is 12.3 Å². The van der Waals surface area contributed by atoms with E-state index in [1.807, 2.05) is 0 Å². The van der Waals surface area contributed by atoms with Gasteiger partial charge < -0.3 is 9.84 Å². The zero-order chi connectivity index (χ0) is 12.8. The minimum atomic E-state index is -0.723. The van der Waals surface area contributed by atoms with Crippen LogP contribution in [-0.4, -0.2) is 30.1 Å². The number of carbonyl (C=O) groups is 2. The molecule has 0 aliphatic carbocycles. The van der Waals surface area contributed by atoms with Crippen molar-refractivity contribution in [3.05, 3.63) is 0 Å². The first-order valence-corrected chi connectivity index (χ1v) is 6.36. The molecule has 0 aromatic carbocycles. The quantitative estimate of drug-likeness (QED) is 0.418. The number of cyclic esters (lactones) is 1. The van der Waals surface area contributed by atoms with Crippen molar-refractivity contribution in [2.75, 3.05) is 13.2 Å². The van der Waals surface area contributed by atoms with E-state index in [0.717, 1.165) is 19.3 Å². The third-order valence-corrected chi connectivity index (χ3v) is 3.20. The fourth-order valence-electron chi connectivity index (χ4n) is 2.13. The summed E-state index contributed by atoms with van der Waals surface area (Å²) in [6, 6.07) is 0. The second-order valence-corrected chi connectivity index (χ2v) is 5.16. The second-order valence-electron chi connectivity index (χ2n) is 5.16. The molecular weight excluding hydrogens is 220 g/mol. The molecule has 1 saturated heterocycles. The first-order chi connectivity index (χ1) is 8.06. The standard InChI is InChI=1S/C13H22O4/c1-9(2)5-3-4-6-11(15)12-10(7-14)8-17-13(12)16/h9-10,12,14H,3-8H2,1-2H3/t10-,12-/m1/s1. The molecule has 1 fully saturated rings. The summed E-state index contributed by atoms with van der Waals surface area (Å²) in [5, 5.41) is 9.06. The van der Waals surface area contributed by atoms with E-state index >= 15 is 0 Å². The Kier molecular flexibility index (Phi) is 5.62. The van der Waals surface area contributed by atoms with Crippen molar-refractivity contribution in [2.45, 2.75) is 39.5 Å². The van der Waals surface area contributed by atoms with Gasteiger partial charge >= 0.3 is 5.97 Å². The Morgan fingerprint density at radius 3 is 2.76 bits per heavy atom. The molecule has 0 amide bonds. The van der Waals surface area contributed by atoms with Gasteiger partial charge in [0, 0.05) is 12.3 Å². The number of aliphatic hydroxyl groups excluding tert-OH is 1. The third-order valence-electron chi connectivity index (χ3n) is 3.20. The van der Waals surface area contributed by atoms with E-state index < -0.39 is 11.9 Å². The van der Waals surface area contributed by atoms with E-state index in [1.165, 1.54) is 0 Å². The number of ether oxygens (including phenoxy) is 1. The Morgan fingerprint density at radius 2 is 2.18 bits per heavy atom. The highest BCUT2D eigenvalue weighted by Gasteiger charge is 2.41. The molecule has 17 heavy (non-hydrogen) atoms. The van der Waals surface area contributed by atoms with Crippen molar-refractivity contribution in [3.8, 4) is 0 Å². The molecule has 98 valence electrons. The molecule has 0 saturated carbocycles. The lowest BCUT2D eigenvalue weighted by Crippen LogP contribution is -2.27. The first-order valence-electron chi connectivity index (χ1n) is 6.36. The maximum absolute atomic E-state index is 11.9. The van der Waals surface area contributed by atoms with Gasteiger partial charge in [-0.25, -0.2) is 0 Å². The summed E-state index contributed by atoms with van der Waals surface area (Å²) >= 11 is 0. The predicted molar refractivity (Wildman–Crippen MR) is 63.3 cm³/mol. The molecule has 0 radical (unpaired) electrons. The van der Waals surface area contributed by atoms with Gasteiger partial charge in [0.1, 0.15) is 11.7 Å². The summed E-state index contributed by atoms with van der Waals surface area (Å²) in [6.07, 6.45) is 3.35. The fourth-order valence-corrected chi connectivity index (χ4v) is 2.13. The van der Waals surface area contributed by atoms with Crippen molar-refractivity contribution in [1.82, 2.24) is 0 Å². The molecule has 0 aromatic rings. The number of esters is 1. The van der Waals surface area contributed by atoms with Crippen molar-refractivity contribution < 1.29 is 19.4 Å². The molecule has 4 heteroatoms. The van der Waals surface area contributed by atoms with Crippen molar-refractivity contribution in [2.24, 2.45) is 17.8 Å². The smallest absolute Gasteiger partial charge is 0.316 e. The van der Waals surface area contributed by atoms with E-state index in [9.17, 15) is 9.59 Å². The van der Waals surface area contributed by atoms with Gasteiger partial charge in [0.05, 0.1) is 13.2 Å². The topological polar surface area (TPSA) is 63.6 Å². The van der Waals surface area contributed by atoms with Crippen LogP contribution in [0.5, 0.6) is 0 Å². The number of hydrogen-bond donors (Lipinski definition) is 1. The average molecular weight is 242 g/mol. The maximum Gasteiger partial charge on any atom is 0.316 e. The Balaban J connectivity index is 2.33. The van der Waals surface area contributed by atoms with E-state index in [0.29, 0.717) is 12.3 Å². The van der Waals surface area contributed by atoms with Crippen LogP contribution < -0.4 is 0 Å². The average Bonchev–Trinajstić information content (AvgIpc) is 2.65. The Hall–Kier alpha value is -0.900. The fraction of sp³-hybridized carbons (Fsp3) is 0.846. The van der Waals surface area contributed by atoms with Gasteiger partial charge in [-0.15, -0.1) is 0 Å². The number of hydrogen-bond acceptors (Lipinski definition) is 4. The maximum atomic E-state index is 11.9. The lowest BCUT2D eigenvalue weighted by molar-refractivity contribution is -0.144. The summed E-state index contributed by atoms with van der Waals surface area (Å²) < 4.78 is 4.81. The zero-order valence-electron chi connectivity index (χ0n) is 10.6. The molecule has 1 aliphatic heterocycles. The Labute approximate surface area is 102 Å². The highest BCUT2D eigenvalue weighted by atomic mass is 16.5. The van der Waals surface area contributed by atoms with Crippen molar-refractivity contribution in [3.63, 3.8) is 0 Å². The molecule has 2 atom stereocenters. The van der Waals surface area contributed by atoms with Crippen LogP contribution in [0.25, 0.3) is 0 Å². The number of ketones is 1. The van der Waals surface area contributed by atoms with Gasteiger partial charge in [-0.1, -0.05) is 26.7 Å². The van der Waals surface area contributed by atoms with Gasteiger partial charge in [-0.3, -0.25) is 9.59 Å². The Bertz CT molecular complexity index is 273. The van der Waals surface area contributed by atoms with Crippen LogP contribution in [0.4, 0.5) is 0 Å². The zero-order valence-corrected chi connectivity index (χ0v) is 10.6. The van der Waals surface area contributed by atoms with Crippen LogP contribution in [0.3, 0.4) is 0 Å². The van der Waals surface area contributed by atoms with E-state index in [4.69, 9.17) is 9.84 Å². The summed E-state index contributed by atoms with van der Waals surface area (Å²) in [5.41, 5.74) is 0. The van der Waals surface area contributed by atoms with Crippen LogP contribution in [0.2, 0.25) is 0 Å². The van der Waals surface area contributed by atoms with Crippen LogP contribution in [0, 0.1) is 17.8 Å². The van der Waals surface area contributed by atoms with E-state index in [1.54, 1.807) is 0 Å². The van der Waals surface area contributed by atoms with E-state index in [-0.39, 0.29) is 24.9 Å². The van der Waals surface area contributed by atoms with Crippen LogP contribution in [-0.2, 0) is 14.3 Å². The molecule has 4 nitrogen and oxygen atoms in total. The number of rotatable bonds is 7. The van der Waals surface area contributed by atoms with Crippen LogP contribution in [0.15, 0.2) is 0 Å². The van der Waals surface area contributed by atoms with Gasteiger partial charge in [0.15, 0.2) is 0 Å². The highest BCUT2D eigenvalue weighted by Crippen LogP contribution is 2.24. The molecule has 0 aromatic heterocycles. The lowest BCUT2D eigenvalue weighted by Gasteiger charge is -2.11.